The van der Waals surface area contributed by atoms with E-state index >= 15 is 0 Å². The van der Waals surface area contributed by atoms with E-state index in [2.05, 4.69) is 4.98 Å². The van der Waals surface area contributed by atoms with Crippen LogP contribution in [0.4, 0.5) is 10.2 Å². The van der Waals surface area contributed by atoms with Crippen molar-refractivity contribution in [3.63, 3.8) is 0 Å². The normalized spacial score (nSPS) is 22.9. The lowest BCUT2D eigenvalue weighted by Crippen LogP contribution is -2.29. The number of nitrogen functional groups attached to an aromatic ring is 1. The highest BCUT2D eigenvalue weighted by Crippen LogP contribution is 2.21. The molecule has 0 bridgehead atoms. The number of hydrogen-bond donors (Lipinski definition) is 1. The summed E-state index contributed by atoms with van der Waals surface area (Å²) in [6, 6.07) is 0. The number of aromatic nitrogens is 2. The lowest BCUT2D eigenvalue weighted by molar-refractivity contribution is -0.154. The van der Waals surface area contributed by atoms with E-state index in [1.165, 1.54) is 0 Å². The Labute approximate surface area is 103 Å². The zero-order valence-electron chi connectivity index (χ0n) is 10.0. The number of rotatable bonds is 3. The summed E-state index contributed by atoms with van der Waals surface area (Å²) in [6.07, 6.45) is 2.93. The van der Waals surface area contributed by atoms with Crippen LogP contribution in [0.1, 0.15) is 20.1 Å². The van der Waals surface area contributed by atoms with E-state index in [-0.39, 0.29) is 6.10 Å². The molecular formula is C11H14FN3O3. The summed E-state index contributed by atoms with van der Waals surface area (Å²) in [6.45, 7) is 3.72. The molecule has 2 heterocycles. The summed E-state index contributed by atoms with van der Waals surface area (Å²) < 4.78 is 25.1. The standard InChI is InChI=1S/C11H14FN3O3/c1-6(2)17-9-4-3-8(18-9)15-5-7(12)10(13)14-11(15)16/h3-6,8-9H,1-2H3,(H2,13,14,16)/t8-,9+/m0/s1. The number of nitrogens with zero attached hydrogens (tertiary/aromatic N) is 2. The molecule has 0 aliphatic carbocycles. The minimum Gasteiger partial charge on any atom is -0.381 e. The average molecular weight is 255 g/mol. The number of hydrogen-bond acceptors (Lipinski definition) is 5. The Bertz CT molecular complexity index is 527. The van der Waals surface area contributed by atoms with Crippen molar-refractivity contribution >= 4 is 5.82 Å². The summed E-state index contributed by atoms with van der Waals surface area (Å²) in [5, 5.41) is 0. The second-order valence-corrected chi connectivity index (χ2v) is 4.13. The quantitative estimate of drug-likeness (QED) is 0.808. The molecule has 7 heteroatoms. The molecular weight excluding hydrogens is 241 g/mol. The van der Waals surface area contributed by atoms with Crippen molar-refractivity contribution in [1.29, 1.82) is 0 Å². The molecule has 0 unspecified atom stereocenters. The third kappa shape index (κ3) is 2.57. The second-order valence-electron chi connectivity index (χ2n) is 4.13. The topological polar surface area (TPSA) is 79.4 Å². The van der Waals surface area contributed by atoms with Crippen molar-refractivity contribution in [2.45, 2.75) is 32.5 Å². The smallest absolute Gasteiger partial charge is 0.352 e. The lowest BCUT2D eigenvalue weighted by atomic mass is 10.4. The van der Waals surface area contributed by atoms with E-state index in [1.54, 1.807) is 12.2 Å². The van der Waals surface area contributed by atoms with Crippen LogP contribution in [0.25, 0.3) is 0 Å². The Morgan fingerprint density at radius 2 is 2.28 bits per heavy atom. The molecule has 2 atom stereocenters. The van der Waals surface area contributed by atoms with Crippen molar-refractivity contribution < 1.29 is 13.9 Å². The van der Waals surface area contributed by atoms with Gasteiger partial charge in [0.1, 0.15) is 0 Å². The van der Waals surface area contributed by atoms with Gasteiger partial charge in [0.2, 0.25) is 0 Å². The van der Waals surface area contributed by atoms with Crippen LogP contribution in [0.15, 0.2) is 23.1 Å². The number of anilines is 1. The van der Waals surface area contributed by atoms with Crippen molar-refractivity contribution in [2.24, 2.45) is 0 Å². The fraction of sp³-hybridized carbons (Fsp3) is 0.455. The summed E-state index contributed by atoms with van der Waals surface area (Å²) in [4.78, 5) is 14.9. The molecule has 1 aliphatic rings. The Morgan fingerprint density at radius 3 is 2.94 bits per heavy atom. The summed E-state index contributed by atoms with van der Waals surface area (Å²) >= 11 is 0. The molecule has 0 saturated heterocycles. The van der Waals surface area contributed by atoms with E-state index in [0.29, 0.717) is 0 Å². The van der Waals surface area contributed by atoms with Gasteiger partial charge in [-0.1, -0.05) is 0 Å². The van der Waals surface area contributed by atoms with Crippen LogP contribution >= 0.6 is 0 Å². The number of halogens is 1. The van der Waals surface area contributed by atoms with Gasteiger partial charge in [-0.05, 0) is 26.0 Å². The SMILES string of the molecule is CC(C)O[C@H]1C=C[C@@H](n2cc(F)c(N)nc2=O)O1. The van der Waals surface area contributed by atoms with Gasteiger partial charge < -0.3 is 15.2 Å². The first kappa shape index (κ1) is 12.7. The highest BCUT2D eigenvalue weighted by molar-refractivity contribution is 5.26. The van der Waals surface area contributed by atoms with Gasteiger partial charge in [0.25, 0.3) is 0 Å². The maximum atomic E-state index is 13.3. The zero-order chi connectivity index (χ0) is 13.3. The molecule has 0 amide bonds. The van der Waals surface area contributed by atoms with Gasteiger partial charge in [-0.3, -0.25) is 4.57 Å². The fourth-order valence-corrected chi connectivity index (χ4v) is 1.56. The maximum absolute atomic E-state index is 13.3. The second kappa shape index (κ2) is 4.87. The average Bonchev–Trinajstić information content (AvgIpc) is 2.70. The molecule has 6 nitrogen and oxygen atoms in total. The maximum Gasteiger partial charge on any atom is 0.352 e. The first-order chi connectivity index (χ1) is 8.47. The molecule has 98 valence electrons. The van der Waals surface area contributed by atoms with Gasteiger partial charge in [0.15, 0.2) is 24.2 Å². The summed E-state index contributed by atoms with van der Waals surface area (Å²) in [7, 11) is 0. The predicted molar refractivity (Wildman–Crippen MR) is 62.1 cm³/mol. The van der Waals surface area contributed by atoms with Crippen molar-refractivity contribution in [1.82, 2.24) is 9.55 Å². The molecule has 18 heavy (non-hydrogen) atoms. The zero-order valence-corrected chi connectivity index (χ0v) is 10.0. The van der Waals surface area contributed by atoms with Crippen LogP contribution in [0.2, 0.25) is 0 Å². The minimum atomic E-state index is -0.764. The van der Waals surface area contributed by atoms with Gasteiger partial charge in [0, 0.05) is 0 Å². The largest absolute Gasteiger partial charge is 0.381 e. The Kier molecular flexibility index (Phi) is 3.44. The summed E-state index contributed by atoms with van der Waals surface area (Å²) in [5.74, 6) is -1.19. The van der Waals surface area contributed by atoms with Crippen molar-refractivity contribution in [2.75, 3.05) is 5.73 Å². The molecule has 0 fully saturated rings. The highest BCUT2D eigenvalue weighted by Gasteiger charge is 2.23. The van der Waals surface area contributed by atoms with E-state index in [0.717, 1.165) is 10.8 Å². The minimum absolute atomic E-state index is 0.0172. The molecule has 2 rings (SSSR count). The van der Waals surface area contributed by atoms with E-state index in [1.807, 2.05) is 13.8 Å². The summed E-state index contributed by atoms with van der Waals surface area (Å²) in [5.41, 5.74) is 4.53. The molecule has 1 aromatic heterocycles. The Morgan fingerprint density at radius 1 is 1.56 bits per heavy atom. The third-order valence-electron chi connectivity index (χ3n) is 2.32. The van der Waals surface area contributed by atoms with Gasteiger partial charge in [-0.15, -0.1) is 0 Å². The molecule has 0 saturated carbocycles. The van der Waals surface area contributed by atoms with Crippen LogP contribution in [0.5, 0.6) is 0 Å². The Hall–Kier alpha value is -1.73. The van der Waals surface area contributed by atoms with Gasteiger partial charge in [-0.25, -0.2) is 9.18 Å². The van der Waals surface area contributed by atoms with Crippen molar-refractivity contribution in [3.05, 3.63) is 34.7 Å². The first-order valence-electron chi connectivity index (χ1n) is 5.51. The van der Waals surface area contributed by atoms with Crippen LogP contribution in [-0.4, -0.2) is 21.9 Å². The first-order valence-corrected chi connectivity index (χ1v) is 5.51. The van der Waals surface area contributed by atoms with Gasteiger partial charge >= 0.3 is 5.69 Å². The molecule has 1 aliphatic heterocycles. The van der Waals surface area contributed by atoms with Crippen LogP contribution in [-0.2, 0) is 9.47 Å². The number of ether oxygens (including phenoxy) is 2. The lowest BCUT2D eigenvalue weighted by Gasteiger charge is -2.18. The molecule has 1 aromatic rings. The van der Waals surface area contributed by atoms with Crippen molar-refractivity contribution in [3.8, 4) is 0 Å². The Balaban J connectivity index is 2.18. The van der Waals surface area contributed by atoms with E-state index in [9.17, 15) is 9.18 Å². The van der Waals surface area contributed by atoms with Crippen LogP contribution < -0.4 is 11.4 Å². The van der Waals surface area contributed by atoms with E-state index < -0.39 is 29.8 Å². The number of nitrogens with two attached hydrogens (primary N) is 1. The van der Waals surface area contributed by atoms with Gasteiger partial charge in [-0.2, -0.15) is 4.98 Å². The van der Waals surface area contributed by atoms with E-state index in [4.69, 9.17) is 15.2 Å². The predicted octanol–water partition coefficient (Wildman–Crippen LogP) is 0.801. The fourth-order valence-electron chi connectivity index (χ4n) is 1.56. The van der Waals surface area contributed by atoms with Crippen LogP contribution in [0, 0.1) is 5.82 Å². The van der Waals surface area contributed by atoms with Crippen LogP contribution in [0.3, 0.4) is 0 Å². The highest BCUT2D eigenvalue weighted by atomic mass is 19.1. The van der Waals surface area contributed by atoms with Gasteiger partial charge in [0.05, 0.1) is 12.3 Å². The molecule has 0 radical (unpaired) electrons. The molecule has 2 N–H and O–H groups in total. The molecule has 0 spiro atoms. The third-order valence-corrected chi connectivity index (χ3v) is 2.32. The molecule has 0 aromatic carbocycles. The monoisotopic (exact) mass is 255 g/mol.